The standard InChI is InChI=1S/C17H17N3O3/c1-10-6-7-14(18)15(8-10)20-17(23)16(22)19-13-5-3-4-12(9-13)11(2)21/h3-9H,18H2,1-2H3,(H,19,22)(H,20,23). The van der Waals surface area contributed by atoms with E-state index in [1.54, 1.807) is 36.4 Å². The molecule has 0 aliphatic rings. The monoisotopic (exact) mass is 311 g/mol. The fraction of sp³-hybridized carbons (Fsp3) is 0.118. The minimum absolute atomic E-state index is 0.127. The Kier molecular flexibility index (Phi) is 4.75. The predicted octanol–water partition coefficient (Wildman–Crippen LogP) is 2.36. The van der Waals surface area contributed by atoms with E-state index < -0.39 is 11.8 Å². The van der Waals surface area contributed by atoms with Gasteiger partial charge in [-0.25, -0.2) is 0 Å². The molecule has 0 aliphatic heterocycles. The summed E-state index contributed by atoms with van der Waals surface area (Å²) in [5.41, 5.74) is 8.23. The van der Waals surface area contributed by atoms with E-state index in [2.05, 4.69) is 10.6 Å². The Balaban J connectivity index is 2.08. The Morgan fingerprint density at radius 1 is 0.957 bits per heavy atom. The first kappa shape index (κ1) is 16.2. The second-order valence-electron chi connectivity index (χ2n) is 5.14. The topological polar surface area (TPSA) is 101 Å². The number of benzene rings is 2. The van der Waals surface area contributed by atoms with Crippen LogP contribution in [0.2, 0.25) is 0 Å². The highest BCUT2D eigenvalue weighted by molar-refractivity contribution is 6.43. The summed E-state index contributed by atoms with van der Waals surface area (Å²) in [7, 11) is 0. The number of Topliss-reactive ketones (excluding diaryl/α,β-unsaturated/α-hetero) is 1. The Bertz CT molecular complexity index is 784. The lowest BCUT2D eigenvalue weighted by atomic mass is 10.1. The summed E-state index contributed by atoms with van der Waals surface area (Å²) < 4.78 is 0. The third-order valence-corrected chi connectivity index (χ3v) is 3.19. The number of hydrogen-bond donors (Lipinski definition) is 3. The molecule has 0 spiro atoms. The third-order valence-electron chi connectivity index (χ3n) is 3.19. The van der Waals surface area contributed by atoms with Gasteiger partial charge in [-0.05, 0) is 43.7 Å². The Labute approximate surface area is 133 Å². The van der Waals surface area contributed by atoms with Crippen LogP contribution >= 0.6 is 0 Å². The van der Waals surface area contributed by atoms with Gasteiger partial charge in [0.2, 0.25) is 0 Å². The van der Waals surface area contributed by atoms with Gasteiger partial charge in [0.25, 0.3) is 0 Å². The second-order valence-corrected chi connectivity index (χ2v) is 5.14. The van der Waals surface area contributed by atoms with Crippen LogP contribution in [0.4, 0.5) is 17.1 Å². The molecule has 6 heteroatoms. The van der Waals surface area contributed by atoms with Crippen LogP contribution in [0.15, 0.2) is 42.5 Å². The van der Waals surface area contributed by atoms with Gasteiger partial charge in [-0.3, -0.25) is 14.4 Å². The number of carbonyl (C=O) groups is 3. The second kappa shape index (κ2) is 6.74. The average molecular weight is 311 g/mol. The lowest BCUT2D eigenvalue weighted by molar-refractivity contribution is -0.132. The molecule has 23 heavy (non-hydrogen) atoms. The maximum atomic E-state index is 12.0. The number of ketones is 1. The average Bonchev–Trinajstić information content (AvgIpc) is 2.51. The van der Waals surface area contributed by atoms with Crippen LogP contribution in [-0.2, 0) is 9.59 Å². The van der Waals surface area contributed by atoms with Crippen LogP contribution in [0.25, 0.3) is 0 Å². The van der Waals surface area contributed by atoms with Crippen molar-refractivity contribution in [2.24, 2.45) is 0 Å². The Morgan fingerprint density at radius 3 is 2.35 bits per heavy atom. The van der Waals surface area contributed by atoms with E-state index in [0.717, 1.165) is 5.56 Å². The normalized spacial score (nSPS) is 10.0. The SMILES string of the molecule is CC(=O)c1cccc(NC(=O)C(=O)Nc2cc(C)ccc2N)c1. The van der Waals surface area contributed by atoms with E-state index in [1.165, 1.54) is 13.0 Å². The molecule has 0 heterocycles. The maximum Gasteiger partial charge on any atom is 0.314 e. The minimum atomic E-state index is -0.841. The highest BCUT2D eigenvalue weighted by Crippen LogP contribution is 2.19. The first-order chi connectivity index (χ1) is 10.9. The van der Waals surface area contributed by atoms with Gasteiger partial charge < -0.3 is 16.4 Å². The fourth-order valence-corrected chi connectivity index (χ4v) is 1.96. The van der Waals surface area contributed by atoms with Crippen LogP contribution < -0.4 is 16.4 Å². The van der Waals surface area contributed by atoms with Crippen molar-refractivity contribution in [1.29, 1.82) is 0 Å². The van der Waals surface area contributed by atoms with E-state index in [-0.39, 0.29) is 5.78 Å². The molecule has 0 bridgehead atoms. The molecule has 0 fully saturated rings. The number of hydrogen-bond acceptors (Lipinski definition) is 4. The molecule has 118 valence electrons. The van der Waals surface area contributed by atoms with Crippen molar-refractivity contribution in [3.63, 3.8) is 0 Å². The number of carbonyl (C=O) groups excluding carboxylic acids is 3. The van der Waals surface area contributed by atoms with Crippen molar-refractivity contribution in [1.82, 2.24) is 0 Å². The zero-order chi connectivity index (χ0) is 17.0. The molecular weight excluding hydrogens is 294 g/mol. The molecule has 0 aromatic heterocycles. The molecular formula is C17H17N3O3. The lowest BCUT2D eigenvalue weighted by Gasteiger charge is -2.10. The van der Waals surface area contributed by atoms with Crippen molar-refractivity contribution in [2.75, 3.05) is 16.4 Å². The third kappa shape index (κ3) is 4.16. The van der Waals surface area contributed by atoms with Gasteiger partial charge in [0.05, 0.1) is 11.4 Å². The van der Waals surface area contributed by atoms with Gasteiger partial charge in [-0.1, -0.05) is 18.2 Å². The summed E-state index contributed by atoms with van der Waals surface area (Å²) in [5.74, 6) is -1.81. The number of amides is 2. The molecule has 4 N–H and O–H groups in total. The molecule has 0 saturated heterocycles. The van der Waals surface area contributed by atoms with Crippen LogP contribution in [0, 0.1) is 6.92 Å². The van der Waals surface area contributed by atoms with Crippen molar-refractivity contribution in [3.8, 4) is 0 Å². The van der Waals surface area contributed by atoms with Crippen molar-refractivity contribution in [3.05, 3.63) is 53.6 Å². The summed E-state index contributed by atoms with van der Waals surface area (Å²) >= 11 is 0. The summed E-state index contributed by atoms with van der Waals surface area (Å²) in [6.45, 7) is 3.27. The molecule has 0 unspecified atom stereocenters. The van der Waals surface area contributed by atoms with Gasteiger partial charge in [-0.2, -0.15) is 0 Å². The highest BCUT2D eigenvalue weighted by Gasteiger charge is 2.15. The molecule has 0 radical (unpaired) electrons. The van der Waals surface area contributed by atoms with E-state index in [4.69, 9.17) is 5.73 Å². The molecule has 2 aromatic carbocycles. The maximum absolute atomic E-state index is 12.0. The van der Waals surface area contributed by atoms with Crippen molar-refractivity contribution < 1.29 is 14.4 Å². The summed E-state index contributed by atoms with van der Waals surface area (Å²) in [4.78, 5) is 35.2. The Morgan fingerprint density at radius 2 is 1.65 bits per heavy atom. The van der Waals surface area contributed by atoms with Crippen LogP contribution in [-0.4, -0.2) is 17.6 Å². The summed E-state index contributed by atoms with van der Waals surface area (Å²) in [6, 6.07) is 11.5. The number of nitrogens with two attached hydrogens (primary N) is 1. The predicted molar refractivity (Wildman–Crippen MR) is 89.3 cm³/mol. The van der Waals surface area contributed by atoms with Gasteiger partial charge in [0.1, 0.15) is 0 Å². The zero-order valence-electron chi connectivity index (χ0n) is 12.8. The van der Waals surface area contributed by atoms with E-state index in [9.17, 15) is 14.4 Å². The smallest absolute Gasteiger partial charge is 0.314 e. The molecule has 0 saturated carbocycles. The number of aryl methyl sites for hydroxylation is 1. The lowest BCUT2D eigenvalue weighted by Crippen LogP contribution is -2.29. The minimum Gasteiger partial charge on any atom is -0.397 e. The number of nitrogen functional groups attached to an aromatic ring is 1. The van der Waals surface area contributed by atoms with Gasteiger partial charge in [-0.15, -0.1) is 0 Å². The van der Waals surface area contributed by atoms with Crippen LogP contribution in [0.3, 0.4) is 0 Å². The summed E-state index contributed by atoms with van der Waals surface area (Å²) in [6.07, 6.45) is 0. The molecule has 0 aliphatic carbocycles. The first-order valence-corrected chi connectivity index (χ1v) is 6.96. The van der Waals surface area contributed by atoms with Crippen LogP contribution in [0.5, 0.6) is 0 Å². The van der Waals surface area contributed by atoms with Crippen molar-refractivity contribution >= 4 is 34.7 Å². The summed E-state index contributed by atoms with van der Waals surface area (Å²) in [5, 5.41) is 4.91. The van der Waals surface area contributed by atoms with Gasteiger partial charge in [0.15, 0.2) is 5.78 Å². The highest BCUT2D eigenvalue weighted by atomic mass is 16.2. The first-order valence-electron chi connectivity index (χ1n) is 6.96. The fourth-order valence-electron chi connectivity index (χ4n) is 1.96. The number of nitrogens with one attached hydrogen (secondary N) is 2. The van der Waals surface area contributed by atoms with Gasteiger partial charge >= 0.3 is 11.8 Å². The number of anilines is 3. The largest absolute Gasteiger partial charge is 0.397 e. The van der Waals surface area contributed by atoms with Crippen LogP contribution in [0.1, 0.15) is 22.8 Å². The molecule has 2 amide bonds. The van der Waals surface area contributed by atoms with Crippen molar-refractivity contribution in [2.45, 2.75) is 13.8 Å². The van der Waals surface area contributed by atoms with E-state index in [1.807, 2.05) is 6.92 Å². The van der Waals surface area contributed by atoms with E-state index >= 15 is 0 Å². The quantitative estimate of drug-likeness (QED) is 0.460. The molecule has 2 rings (SSSR count). The molecule has 2 aromatic rings. The van der Waals surface area contributed by atoms with E-state index in [0.29, 0.717) is 22.6 Å². The van der Waals surface area contributed by atoms with Gasteiger partial charge in [0, 0.05) is 11.3 Å². The molecule has 6 nitrogen and oxygen atoms in total. The Hall–Kier alpha value is -3.15. The zero-order valence-corrected chi connectivity index (χ0v) is 12.8. The number of rotatable bonds is 3. The molecule has 0 atom stereocenters.